The van der Waals surface area contributed by atoms with Gasteiger partial charge in [0.1, 0.15) is 5.82 Å². The van der Waals surface area contributed by atoms with E-state index >= 15 is 0 Å². The molecule has 0 bridgehead atoms. The fraction of sp³-hybridized carbons (Fsp3) is 0.412. The number of hydrogen-bond donors (Lipinski definition) is 1. The number of nitrogens with one attached hydrogen (secondary N) is 1. The van der Waals surface area contributed by atoms with Crippen molar-refractivity contribution in [3.05, 3.63) is 35.9 Å². The summed E-state index contributed by atoms with van der Waals surface area (Å²) in [5, 5.41) is 13.6. The van der Waals surface area contributed by atoms with E-state index in [9.17, 15) is 5.26 Å². The van der Waals surface area contributed by atoms with Crippen LogP contribution in [0.1, 0.15) is 25.3 Å². The van der Waals surface area contributed by atoms with Gasteiger partial charge in [0.05, 0.1) is 17.1 Å². The van der Waals surface area contributed by atoms with E-state index in [1.807, 2.05) is 30.3 Å². The van der Waals surface area contributed by atoms with Gasteiger partial charge in [0.2, 0.25) is 0 Å². The number of hydrogen-bond acceptors (Lipinski definition) is 4. The number of ether oxygens (including phenoxy) is 1. The van der Waals surface area contributed by atoms with Crippen LogP contribution in [0.15, 0.2) is 30.3 Å². The van der Waals surface area contributed by atoms with Crippen LogP contribution in [-0.2, 0) is 4.74 Å². The second-order valence-corrected chi connectivity index (χ2v) is 5.96. The van der Waals surface area contributed by atoms with Gasteiger partial charge in [0, 0.05) is 25.1 Å². The van der Waals surface area contributed by atoms with Crippen molar-refractivity contribution < 1.29 is 4.74 Å². The Balaban J connectivity index is 1.82. The summed E-state index contributed by atoms with van der Waals surface area (Å²) in [5.74, 6) is 0.776. The number of rotatable bonds is 3. The highest BCUT2D eigenvalue weighted by molar-refractivity contribution is 5.86. The zero-order valence-corrected chi connectivity index (χ0v) is 12.2. The predicted octanol–water partition coefficient (Wildman–Crippen LogP) is 3.34. The number of fused-ring (bicyclic) bond motifs is 1. The highest BCUT2D eigenvalue weighted by Crippen LogP contribution is 2.30. The summed E-state index contributed by atoms with van der Waals surface area (Å²) in [6, 6.07) is 11.8. The van der Waals surface area contributed by atoms with E-state index < -0.39 is 0 Å². The summed E-state index contributed by atoms with van der Waals surface area (Å²) < 4.78 is 5.42. The minimum absolute atomic E-state index is 0.235. The summed E-state index contributed by atoms with van der Waals surface area (Å²) in [7, 11) is 0. The minimum atomic E-state index is 0.235. The van der Waals surface area contributed by atoms with Crippen molar-refractivity contribution >= 4 is 16.7 Å². The third-order valence-electron chi connectivity index (χ3n) is 4.23. The smallest absolute Gasteiger partial charge is 0.128 e. The van der Waals surface area contributed by atoms with Gasteiger partial charge in [-0.3, -0.25) is 0 Å². The largest absolute Gasteiger partial charge is 0.381 e. The van der Waals surface area contributed by atoms with Crippen LogP contribution in [0.4, 0.5) is 5.82 Å². The summed E-state index contributed by atoms with van der Waals surface area (Å²) in [6.07, 6.45) is 2.11. The zero-order valence-electron chi connectivity index (χ0n) is 12.2. The number of pyridine rings is 1. The first kappa shape index (κ1) is 13.8. The number of benzene rings is 1. The molecule has 1 fully saturated rings. The molecule has 1 aromatic heterocycles. The van der Waals surface area contributed by atoms with Crippen molar-refractivity contribution in [3.8, 4) is 6.07 Å². The molecule has 1 saturated heterocycles. The Morgan fingerprint density at radius 1 is 1.33 bits per heavy atom. The van der Waals surface area contributed by atoms with Gasteiger partial charge in [0.15, 0.2) is 0 Å². The number of nitrogens with zero attached hydrogens (tertiary/aromatic N) is 2. The van der Waals surface area contributed by atoms with Gasteiger partial charge in [-0.15, -0.1) is 0 Å². The number of anilines is 1. The lowest BCUT2D eigenvalue weighted by Crippen LogP contribution is -2.33. The van der Waals surface area contributed by atoms with Crippen LogP contribution in [-0.4, -0.2) is 24.7 Å². The maximum Gasteiger partial charge on any atom is 0.128 e. The summed E-state index contributed by atoms with van der Waals surface area (Å²) in [4.78, 5) is 4.61. The summed E-state index contributed by atoms with van der Waals surface area (Å²) in [6.45, 7) is 4.78. The molecule has 4 nitrogen and oxygen atoms in total. The maximum absolute atomic E-state index is 9.31. The van der Waals surface area contributed by atoms with Crippen molar-refractivity contribution in [3.63, 3.8) is 0 Å². The van der Waals surface area contributed by atoms with Crippen molar-refractivity contribution in [2.75, 3.05) is 25.1 Å². The molecule has 1 N–H and O–H groups in total. The second kappa shape index (κ2) is 5.71. The molecular formula is C17H19N3O. The molecule has 0 radical (unpaired) electrons. The Bertz CT molecular complexity index is 684. The summed E-state index contributed by atoms with van der Waals surface area (Å²) in [5.41, 5.74) is 1.76. The van der Waals surface area contributed by atoms with Crippen LogP contribution in [0, 0.1) is 16.7 Å². The number of aromatic nitrogens is 1. The SMILES string of the molecule is CC1(CNc2cc(C#N)c3ccccc3n2)CCOCC1. The van der Waals surface area contributed by atoms with E-state index in [0.29, 0.717) is 5.56 Å². The maximum atomic E-state index is 9.31. The molecule has 0 atom stereocenters. The molecule has 108 valence electrons. The molecular weight excluding hydrogens is 262 g/mol. The fourth-order valence-corrected chi connectivity index (χ4v) is 2.70. The van der Waals surface area contributed by atoms with Crippen molar-refractivity contribution in [1.82, 2.24) is 4.98 Å². The monoisotopic (exact) mass is 281 g/mol. The predicted molar refractivity (Wildman–Crippen MR) is 83.1 cm³/mol. The third kappa shape index (κ3) is 2.98. The van der Waals surface area contributed by atoms with Crippen LogP contribution < -0.4 is 5.32 Å². The van der Waals surface area contributed by atoms with Crippen LogP contribution >= 0.6 is 0 Å². The lowest BCUT2D eigenvalue weighted by molar-refractivity contribution is 0.0300. The molecule has 3 rings (SSSR count). The molecule has 1 aliphatic heterocycles. The molecule has 1 aromatic carbocycles. The molecule has 0 unspecified atom stereocenters. The van der Waals surface area contributed by atoms with E-state index in [1.165, 1.54) is 0 Å². The van der Waals surface area contributed by atoms with Crippen LogP contribution in [0.2, 0.25) is 0 Å². The van der Waals surface area contributed by atoms with Gasteiger partial charge in [-0.05, 0) is 30.4 Å². The molecule has 0 spiro atoms. The lowest BCUT2D eigenvalue weighted by Gasteiger charge is -2.33. The van der Waals surface area contributed by atoms with E-state index in [2.05, 4.69) is 23.3 Å². The Morgan fingerprint density at radius 3 is 2.86 bits per heavy atom. The standard InChI is InChI=1S/C17H19N3O/c1-17(6-8-21-9-7-17)12-19-16-10-13(11-18)14-4-2-3-5-15(14)20-16/h2-5,10H,6-9,12H2,1H3,(H,19,20). The van der Waals surface area contributed by atoms with Gasteiger partial charge in [-0.2, -0.15) is 5.26 Å². The number of nitriles is 1. The van der Waals surface area contributed by atoms with E-state index in [1.54, 1.807) is 0 Å². The van der Waals surface area contributed by atoms with Gasteiger partial charge < -0.3 is 10.1 Å². The van der Waals surface area contributed by atoms with Gasteiger partial charge in [0.25, 0.3) is 0 Å². The molecule has 4 heteroatoms. The van der Waals surface area contributed by atoms with Gasteiger partial charge >= 0.3 is 0 Å². The highest BCUT2D eigenvalue weighted by atomic mass is 16.5. The first-order valence-corrected chi connectivity index (χ1v) is 7.32. The molecule has 0 saturated carbocycles. The van der Waals surface area contributed by atoms with Crippen molar-refractivity contribution in [2.24, 2.45) is 5.41 Å². The number of para-hydroxylation sites is 1. The Kier molecular flexibility index (Phi) is 3.76. The van der Waals surface area contributed by atoms with Crippen LogP contribution in [0.3, 0.4) is 0 Å². The Hall–Kier alpha value is -2.12. The summed E-state index contributed by atoms with van der Waals surface area (Å²) >= 11 is 0. The Morgan fingerprint density at radius 2 is 2.10 bits per heavy atom. The van der Waals surface area contributed by atoms with Crippen molar-refractivity contribution in [1.29, 1.82) is 5.26 Å². The van der Waals surface area contributed by atoms with E-state index in [0.717, 1.165) is 49.3 Å². The minimum Gasteiger partial charge on any atom is -0.381 e. The second-order valence-electron chi connectivity index (χ2n) is 5.96. The first-order chi connectivity index (χ1) is 10.2. The van der Waals surface area contributed by atoms with E-state index in [4.69, 9.17) is 4.74 Å². The van der Waals surface area contributed by atoms with Crippen molar-refractivity contribution in [2.45, 2.75) is 19.8 Å². The fourth-order valence-electron chi connectivity index (χ4n) is 2.70. The average molecular weight is 281 g/mol. The van der Waals surface area contributed by atoms with Crippen LogP contribution in [0.5, 0.6) is 0 Å². The van der Waals surface area contributed by atoms with Crippen LogP contribution in [0.25, 0.3) is 10.9 Å². The van der Waals surface area contributed by atoms with Gasteiger partial charge in [-0.1, -0.05) is 25.1 Å². The normalized spacial score (nSPS) is 17.3. The molecule has 1 aliphatic rings. The lowest BCUT2D eigenvalue weighted by atomic mass is 9.82. The first-order valence-electron chi connectivity index (χ1n) is 7.32. The third-order valence-corrected chi connectivity index (χ3v) is 4.23. The zero-order chi connectivity index (χ0) is 14.7. The Labute approximate surface area is 124 Å². The highest BCUT2D eigenvalue weighted by Gasteiger charge is 2.27. The molecule has 2 aromatic rings. The quantitative estimate of drug-likeness (QED) is 0.937. The van der Waals surface area contributed by atoms with Gasteiger partial charge in [-0.25, -0.2) is 4.98 Å². The molecule has 0 aliphatic carbocycles. The molecule has 21 heavy (non-hydrogen) atoms. The van der Waals surface area contributed by atoms with E-state index in [-0.39, 0.29) is 5.41 Å². The topological polar surface area (TPSA) is 57.9 Å². The molecule has 0 amide bonds. The average Bonchev–Trinajstić information content (AvgIpc) is 2.53. The molecule has 2 heterocycles.